The molecule has 1 aromatic heterocycles. The Kier molecular flexibility index (Phi) is 3.65. The molecule has 0 aliphatic carbocycles. The van der Waals surface area contributed by atoms with Crippen molar-refractivity contribution in [1.29, 1.82) is 0 Å². The predicted molar refractivity (Wildman–Crippen MR) is 77.1 cm³/mol. The first-order valence-electron chi connectivity index (χ1n) is 7.20. The molecule has 3 rings (SSSR count). The van der Waals surface area contributed by atoms with Crippen molar-refractivity contribution < 1.29 is 0 Å². The number of hydrogen-bond acceptors (Lipinski definition) is 2. The lowest BCUT2D eigenvalue weighted by Gasteiger charge is -2.21. The van der Waals surface area contributed by atoms with Gasteiger partial charge in [-0.3, -0.25) is 4.68 Å². The smallest absolute Gasteiger partial charge is 0.0492 e. The van der Waals surface area contributed by atoms with Gasteiger partial charge in [0.1, 0.15) is 0 Å². The van der Waals surface area contributed by atoms with Crippen molar-refractivity contribution in [3.8, 4) is 0 Å². The van der Waals surface area contributed by atoms with E-state index in [9.17, 15) is 0 Å². The summed E-state index contributed by atoms with van der Waals surface area (Å²) in [7, 11) is 0. The molecule has 0 radical (unpaired) electrons. The highest BCUT2D eigenvalue weighted by molar-refractivity contribution is 5.26. The van der Waals surface area contributed by atoms with Crippen LogP contribution in [-0.4, -0.2) is 16.3 Å². The van der Waals surface area contributed by atoms with E-state index >= 15 is 0 Å². The Hall–Kier alpha value is -1.61. The van der Waals surface area contributed by atoms with Crippen molar-refractivity contribution in [3.63, 3.8) is 0 Å². The summed E-state index contributed by atoms with van der Waals surface area (Å²) in [6.45, 7) is 4.30. The number of aryl methyl sites for hydroxylation is 1. The summed E-state index contributed by atoms with van der Waals surface area (Å²) in [5, 5.41) is 8.11. The lowest BCUT2D eigenvalue weighted by atomic mass is 9.91. The monoisotopic (exact) mass is 255 g/mol. The zero-order valence-corrected chi connectivity index (χ0v) is 11.4. The molecule has 100 valence electrons. The van der Waals surface area contributed by atoms with Crippen LogP contribution in [-0.2, 0) is 6.54 Å². The number of aromatic nitrogens is 2. The fourth-order valence-electron chi connectivity index (χ4n) is 3.09. The summed E-state index contributed by atoms with van der Waals surface area (Å²) < 4.78 is 2.17. The Morgan fingerprint density at radius 1 is 1.26 bits per heavy atom. The fourth-order valence-corrected chi connectivity index (χ4v) is 3.09. The van der Waals surface area contributed by atoms with Crippen molar-refractivity contribution in [2.45, 2.75) is 38.3 Å². The Balaban J connectivity index is 1.89. The standard InChI is InChI=1S/C16H21N3/c1-2-12-19-15(9-11-18-19)14-8-10-17-16(14)13-6-4-3-5-7-13/h3-7,9,11,14,16-17H,2,8,10,12H2,1H3. The summed E-state index contributed by atoms with van der Waals surface area (Å²) in [4.78, 5) is 0. The zero-order valence-electron chi connectivity index (χ0n) is 11.4. The number of nitrogens with one attached hydrogen (secondary N) is 1. The Morgan fingerprint density at radius 3 is 2.89 bits per heavy atom. The van der Waals surface area contributed by atoms with Gasteiger partial charge in [-0.05, 0) is 31.0 Å². The third-order valence-corrected chi connectivity index (χ3v) is 3.95. The summed E-state index contributed by atoms with van der Waals surface area (Å²) in [5.41, 5.74) is 2.76. The van der Waals surface area contributed by atoms with Gasteiger partial charge in [0.2, 0.25) is 0 Å². The maximum Gasteiger partial charge on any atom is 0.0492 e. The van der Waals surface area contributed by atoms with Crippen molar-refractivity contribution in [1.82, 2.24) is 15.1 Å². The molecule has 2 unspecified atom stereocenters. The van der Waals surface area contributed by atoms with Gasteiger partial charge in [-0.1, -0.05) is 37.3 Å². The topological polar surface area (TPSA) is 29.9 Å². The van der Waals surface area contributed by atoms with Crippen LogP contribution >= 0.6 is 0 Å². The van der Waals surface area contributed by atoms with Crippen LogP contribution in [0.3, 0.4) is 0 Å². The van der Waals surface area contributed by atoms with E-state index < -0.39 is 0 Å². The number of benzene rings is 1. The van der Waals surface area contributed by atoms with Gasteiger partial charge < -0.3 is 5.32 Å². The summed E-state index contributed by atoms with van der Waals surface area (Å²) in [5.74, 6) is 0.538. The second-order valence-corrected chi connectivity index (χ2v) is 5.22. The first kappa shape index (κ1) is 12.4. The molecule has 1 aliphatic rings. The lowest BCUT2D eigenvalue weighted by Crippen LogP contribution is -2.19. The number of rotatable bonds is 4. The molecule has 1 aliphatic heterocycles. The van der Waals surface area contributed by atoms with E-state index in [0.717, 1.165) is 19.5 Å². The highest BCUT2D eigenvalue weighted by Crippen LogP contribution is 2.37. The van der Waals surface area contributed by atoms with E-state index in [-0.39, 0.29) is 0 Å². The van der Waals surface area contributed by atoms with Crippen molar-refractivity contribution in [2.24, 2.45) is 0 Å². The quantitative estimate of drug-likeness (QED) is 0.909. The van der Waals surface area contributed by atoms with Crippen molar-refractivity contribution in [2.75, 3.05) is 6.54 Å². The Bertz CT molecular complexity index is 518. The van der Waals surface area contributed by atoms with Crippen LogP contribution in [0.15, 0.2) is 42.6 Å². The van der Waals surface area contributed by atoms with E-state index in [1.807, 2.05) is 6.20 Å². The van der Waals surface area contributed by atoms with Gasteiger partial charge in [0.15, 0.2) is 0 Å². The zero-order chi connectivity index (χ0) is 13.1. The molecule has 1 N–H and O–H groups in total. The molecule has 3 heteroatoms. The Morgan fingerprint density at radius 2 is 2.11 bits per heavy atom. The number of hydrogen-bond donors (Lipinski definition) is 1. The van der Waals surface area contributed by atoms with Gasteiger partial charge in [0.25, 0.3) is 0 Å². The largest absolute Gasteiger partial charge is 0.309 e. The second-order valence-electron chi connectivity index (χ2n) is 5.22. The summed E-state index contributed by atoms with van der Waals surface area (Å²) in [6.07, 6.45) is 4.26. The maximum atomic E-state index is 4.47. The van der Waals surface area contributed by atoms with E-state index in [0.29, 0.717) is 12.0 Å². The molecule has 19 heavy (non-hydrogen) atoms. The van der Waals surface area contributed by atoms with Crippen LogP contribution in [0.1, 0.15) is 43.0 Å². The SMILES string of the molecule is CCCn1nccc1C1CCNC1c1ccccc1. The van der Waals surface area contributed by atoms with E-state index in [2.05, 4.69) is 58.4 Å². The molecule has 0 saturated carbocycles. The van der Waals surface area contributed by atoms with Crippen LogP contribution in [0, 0.1) is 0 Å². The second kappa shape index (κ2) is 5.57. The lowest BCUT2D eigenvalue weighted by molar-refractivity contribution is 0.500. The molecular formula is C16H21N3. The third-order valence-electron chi connectivity index (χ3n) is 3.95. The fraction of sp³-hybridized carbons (Fsp3) is 0.438. The molecule has 3 nitrogen and oxygen atoms in total. The minimum atomic E-state index is 0.425. The van der Waals surface area contributed by atoms with Gasteiger partial charge in [0, 0.05) is 30.4 Å². The first-order chi connectivity index (χ1) is 9.40. The van der Waals surface area contributed by atoms with Gasteiger partial charge in [-0.2, -0.15) is 5.10 Å². The average Bonchev–Trinajstić information content (AvgIpc) is 3.08. The number of nitrogens with zero attached hydrogens (tertiary/aromatic N) is 2. The molecule has 2 aromatic rings. The van der Waals surface area contributed by atoms with Gasteiger partial charge >= 0.3 is 0 Å². The van der Waals surface area contributed by atoms with E-state index in [1.54, 1.807) is 0 Å². The van der Waals surface area contributed by atoms with E-state index in [4.69, 9.17) is 0 Å². The average molecular weight is 255 g/mol. The predicted octanol–water partition coefficient (Wildman–Crippen LogP) is 3.11. The normalized spacial score (nSPS) is 22.8. The minimum Gasteiger partial charge on any atom is -0.309 e. The minimum absolute atomic E-state index is 0.425. The molecule has 1 saturated heterocycles. The first-order valence-corrected chi connectivity index (χ1v) is 7.20. The highest BCUT2D eigenvalue weighted by Gasteiger charge is 2.31. The third kappa shape index (κ3) is 2.43. The Labute approximate surface area is 114 Å². The van der Waals surface area contributed by atoms with Crippen LogP contribution in [0.2, 0.25) is 0 Å². The van der Waals surface area contributed by atoms with Crippen molar-refractivity contribution in [3.05, 3.63) is 53.9 Å². The van der Waals surface area contributed by atoms with Crippen LogP contribution in [0.4, 0.5) is 0 Å². The van der Waals surface area contributed by atoms with Crippen LogP contribution in [0.25, 0.3) is 0 Å². The van der Waals surface area contributed by atoms with Crippen LogP contribution in [0.5, 0.6) is 0 Å². The van der Waals surface area contributed by atoms with Gasteiger partial charge in [-0.15, -0.1) is 0 Å². The molecule has 0 spiro atoms. The molecular weight excluding hydrogens is 234 g/mol. The van der Waals surface area contributed by atoms with Gasteiger partial charge in [-0.25, -0.2) is 0 Å². The molecule has 0 amide bonds. The molecule has 2 atom stereocenters. The van der Waals surface area contributed by atoms with E-state index in [1.165, 1.54) is 17.7 Å². The maximum absolute atomic E-state index is 4.47. The molecule has 2 heterocycles. The molecule has 0 bridgehead atoms. The summed E-state index contributed by atoms with van der Waals surface area (Å²) >= 11 is 0. The molecule has 1 aromatic carbocycles. The summed E-state index contributed by atoms with van der Waals surface area (Å²) in [6, 6.07) is 13.4. The highest BCUT2D eigenvalue weighted by atomic mass is 15.3. The van der Waals surface area contributed by atoms with Gasteiger partial charge in [0.05, 0.1) is 0 Å². The molecule has 1 fully saturated rings. The van der Waals surface area contributed by atoms with Crippen molar-refractivity contribution >= 4 is 0 Å². The van der Waals surface area contributed by atoms with Crippen LogP contribution < -0.4 is 5.32 Å².